The highest BCUT2D eigenvalue weighted by molar-refractivity contribution is 5.85. The number of rotatable bonds is 5. The number of benzene rings is 1. The highest BCUT2D eigenvalue weighted by Crippen LogP contribution is 2.33. The lowest BCUT2D eigenvalue weighted by Crippen LogP contribution is -2.18. The standard InChI is InChI=1S/C17H21NO3/c1-17(2,3)15(19)8-6-7-12-9-10-14(20-4)16(21-5)13(12)11-18/h6-7,9-10H,8H2,1-5H3/b7-6+. The van der Waals surface area contributed by atoms with Crippen LogP contribution in [0.1, 0.15) is 38.3 Å². The van der Waals surface area contributed by atoms with Gasteiger partial charge in [-0.15, -0.1) is 0 Å². The van der Waals surface area contributed by atoms with Crippen LogP contribution in [-0.2, 0) is 4.79 Å². The van der Waals surface area contributed by atoms with E-state index < -0.39 is 0 Å². The second-order valence-electron chi connectivity index (χ2n) is 5.66. The predicted molar refractivity (Wildman–Crippen MR) is 82.4 cm³/mol. The normalized spacial score (nSPS) is 11.2. The average Bonchev–Trinajstić information content (AvgIpc) is 2.45. The molecule has 112 valence electrons. The van der Waals surface area contributed by atoms with E-state index in [4.69, 9.17) is 9.47 Å². The van der Waals surface area contributed by atoms with Crippen molar-refractivity contribution in [2.45, 2.75) is 27.2 Å². The molecule has 0 radical (unpaired) electrons. The zero-order valence-electron chi connectivity index (χ0n) is 13.2. The molecule has 1 aromatic rings. The Hall–Kier alpha value is -2.28. The van der Waals surface area contributed by atoms with E-state index >= 15 is 0 Å². The minimum atomic E-state index is -0.361. The molecular weight excluding hydrogens is 266 g/mol. The molecule has 0 aliphatic carbocycles. The van der Waals surface area contributed by atoms with Gasteiger partial charge < -0.3 is 9.47 Å². The zero-order valence-corrected chi connectivity index (χ0v) is 13.2. The monoisotopic (exact) mass is 287 g/mol. The number of Topliss-reactive ketones (excluding diaryl/α,β-unsaturated/α-hetero) is 1. The lowest BCUT2D eigenvalue weighted by atomic mass is 9.89. The number of allylic oxidation sites excluding steroid dienone is 1. The number of methoxy groups -OCH3 is 2. The van der Waals surface area contributed by atoms with Gasteiger partial charge in [0.2, 0.25) is 0 Å². The fraction of sp³-hybridized carbons (Fsp3) is 0.412. The van der Waals surface area contributed by atoms with Crippen LogP contribution in [0.4, 0.5) is 0 Å². The van der Waals surface area contributed by atoms with E-state index in [0.717, 1.165) is 0 Å². The number of hydrogen-bond donors (Lipinski definition) is 0. The van der Waals surface area contributed by atoms with E-state index in [2.05, 4.69) is 6.07 Å². The fourth-order valence-electron chi connectivity index (χ4n) is 1.80. The first-order valence-electron chi connectivity index (χ1n) is 6.70. The Morgan fingerprint density at radius 2 is 1.95 bits per heavy atom. The Bertz CT molecular complexity index is 589. The summed E-state index contributed by atoms with van der Waals surface area (Å²) in [5, 5.41) is 9.30. The van der Waals surface area contributed by atoms with E-state index in [0.29, 0.717) is 29.0 Å². The van der Waals surface area contributed by atoms with Crippen molar-refractivity contribution in [2.75, 3.05) is 14.2 Å². The van der Waals surface area contributed by atoms with Crippen LogP contribution in [0.3, 0.4) is 0 Å². The summed E-state index contributed by atoms with van der Waals surface area (Å²) in [6, 6.07) is 5.63. The number of carbonyl (C=O) groups is 1. The highest BCUT2D eigenvalue weighted by Gasteiger charge is 2.19. The van der Waals surface area contributed by atoms with Crippen LogP contribution in [0.25, 0.3) is 6.08 Å². The molecule has 4 nitrogen and oxygen atoms in total. The molecule has 0 N–H and O–H groups in total. The Labute approximate surface area is 126 Å². The van der Waals surface area contributed by atoms with E-state index in [1.54, 1.807) is 24.3 Å². The summed E-state index contributed by atoms with van der Waals surface area (Å²) in [6.07, 6.45) is 3.88. The molecule has 0 bridgehead atoms. The van der Waals surface area contributed by atoms with E-state index in [-0.39, 0.29) is 11.2 Å². The first kappa shape index (κ1) is 16.8. The Kier molecular flexibility index (Phi) is 5.54. The zero-order chi connectivity index (χ0) is 16.0. The van der Waals surface area contributed by atoms with Gasteiger partial charge in [-0.2, -0.15) is 5.26 Å². The minimum Gasteiger partial charge on any atom is -0.493 e. The summed E-state index contributed by atoms with van der Waals surface area (Å²) in [6.45, 7) is 5.67. The molecule has 4 heteroatoms. The molecule has 0 unspecified atom stereocenters. The van der Waals surface area contributed by atoms with Crippen LogP contribution in [-0.4, -0.2) is 20.0 Å². The second kappa shape index (κ2) is 6.94. The van der Waals surface area contributed by atoms with E-state index in [9.17, 15) is 10.1 Å². The summed E-state index contributed by atoms with van der Waals surface area (Å²) >= 11 is 0. The largest absolute Gasteiger partial charge is 0.493 e. The maximum absolute atomic E-state index is 11.9. The van der Waals surface area contributed by atoms with Crippen molar-refractivity contribution in [3.05, 3.63) is 29.3 Å². The topological polar surface area (TPSA) is 59.3 Å². The summed E-state index contributed by atoms with van der Waals surface area (Å²) in [5.41, 5.74) is 0.744. The molecule has 0 amide bonds. The maximum atomic E-state index is 11.9. The van der Waals surface area contributed by atoms with Crippen molar-refractivity contribution in [3.8, 4) is 17.6 Å². The second-order valence-corrected chi connectivity index (χ2v) is 5.66. The molecule has 0 heterocycles. The summed E-state index contributed by atoms with van der Waals surface area (Å²) in [5.74, 6) is 1.07. The molecule has 0 fully saturated rings. The maximum Gasteiger partial charge on any atom is 0.179 e. The Morgan fingerprint density at radius 1 is 1.29 bits per heavy atom. The SMILES string of the molecule is COc1ccc(/C=C/CC(=O)C(C)(C)C)c(C#N)c1OC. The van der Waals surface area contributed by atoms with Gasteiger partial charge in [0, 0.05) is 11.8 Å². The number of carbonyl (C=O) groups excluding carboxylic acids is 1. The van der Waals surface area contributed by atoms with Gasteiger partial charge >= 0.3 is 0 Å². The number of ketones is 1. The molecular formula is C17H21NO3. The molecule has 0 aliphatic rings. The molecule has 21 heavy (non-hydrogen) atoms. The van der Waals surface area contributed by atoms with Crippen LogP contribution in [0.2, 0.25) is 0 Å². The number of nitriles is 1. The van der Waals surface area contributed by atoms with E-state index in [1.807, 2.05) is 20.8 Å². The number of hydrogen-bond acceptors (Lipinski definition) is 4. The molecule has 1 rings (SSSR count). The lowest BCUT2D eigenvalue weighted by molar-refractivity contribution is -0.125. The van der Waals surface area contributed by atoms with Crippen LogP contribution in [0, 0.1) is 16.7 Å². The fourth-order valence-corrected chi connectivity index (χ4v) is 1.80. The van der Waals surface area contributed by atoms with Gasteiger partial charge in [0.05, 0.1) is 14.2 Å². The van der Waals surface area contributed by atoms with Gasteiger partial charge in [-0.1, -0.05) is 32.9 Å². The Balaban J connectivity index is 3.05. The summed E-state index contributed by atoms with van der Waals surface area (Å²) < 4.78 is 10.4. The van der Waals surface area contributed by atoms with Gasteiger partial charge in [0.15, 0.2) is 11.5 Å². The number of ether oxygens (including phenoxy) is 2. The van der Waals surface area contributed by atoms with Crippen molar-refractivity contribution in [1.29, 1.82) is 5.26 Å². The van der Waals surface area contributed by atoms with Gasteiger partial charge in [-0.3, -0.25) is 4.79 Å². The third-order valence-corrected chi connectivity index (χ3v) is 3.13. The Morgan fingerprint density at radius 3 is 2.43 bits per heavy atom. The molecule has 0 saturated carbocycles. The van der Waals surface area contributed by atoms with Gasteiger partial charge in [0.25, 0.3) is 0 Å². The van der Waals surface area contributed by atoms with Crippen molar-refractivity contribution in [3.63, 3.8) is 0 Å². The lowest BCUT2D eigenvalue weighted by Gasteiger charge is -2.14. The van der Waals surface area contributed by atoms with Gasteiger partial charge in [-0.05, 0) is 17.7 Å². The smallest absolute Gasteiger partial charge is 0.179 e. The third-order valence-electron chi connectivity index (χ3n) is 3.13. The molecule has 0 aliphatic heterocycles. The van der Waals surface area contributed by atoms with Crippen LogP contribution >= 0.6 is 0 Å². The van der Waals surface area contributed by atoms with Gasteiger partial charge in [0.1, 0.15) is 17.4 Å². The average molecular weight is 287 g/mol. The van der Waals surface area contributed by atoms with Gasteiger partial charge in [-0.25, -0.2) is 0 Å². The number of nitrogens with zero attached hydrogens (tertiary/aromatic N) is 1. The first-order valence-corrected chi connectivity index (χ1v) is 6.70. The van der Waals surface area contributed by atoms with Crippen molar-refractivity contribution in [2.24, 2.45) is 5.41 Å². The van der Waals surface area contributed by atoms with Crippen LogP contribution in [0.5, 0.6) is 11.5 Å². The van der Waals surface area contributed by atoms with E-state index in [1.165, 1.54) is 14.2 Å². The van der Waals surface area contributed by atoms with Crippen molar-refractivity contribution in [1.82, 2.24) is 0 Å². The molecule has 0 atom stereocenters. The molecule has 0 spiro atoms. The van der Waals surface area contributed by atoms with Crippen LogP contribution in [0.15, 0.2) is 18.2 Å². The minimum absolute atomic E-state index is 0.151. The molecule has 0 aromatic heterocycles. The summed E-state index contributed by atoms with van der Waals surface area (Å²) in [4.78, 5) is 11.9. The first-order chi connectivity index (χ1) is 9.85. The third kappa shape index (κ3) is 4.09. The van der Waals surface area contributed by atoms with Crippen molar-refractivity contribution >= 4 is 11.9 Å². The molecule has 1 aromatic carbocycles. The highest BCUT2D eigenvalue weighted by atomic mass is 16.5. The quantitative estimate of drug-likeness (QED) is 0.830. The van der Waals surface area contributed by atoms with Crippen molar-refractivity contribution < 1.29 is 14.3 Å². The summed E-state index contributed by atoms with van der Waals surface area (Å²) in [7, 11) is 3.02. The predicted octanol–water partition coefficient (Wildman–Crippen LogP) is 3.59. The molecule has 0 saturated heterocycles. The van der Waals surface area contributed by atoms with Crippen LogP contribution < -0.4 is 9.47 Å².